The van der Waals surface area contributed by atoms with Gasteiger partial charge in [0.1, 0.15) is 0 Å². The summed E-state index contributed by atoms with van der Waals surface area (Å²) in [6.45, 7) is 1.78. The van der Waals surface area contributed by atoms with Crippen molar-refractivity contribution in [3.63, 3.8) is 0 Å². The van der Waals surface area contributed by atoms with Gasteiger partial charge in [0.15, 0.2) is 0 Å². The number of carbonyl (C=O) groups is 2. The largest absolute Gasteiger partial charge is 0.351 e. The summed E-state index contributed by atoms with van der Waals surface area (Å²) in [5.74, 6) is 0. The molecule has 1 aromatic carbocycles. The van der Waals surface area contributed by atoms with Gasteiger partial charge in [-0.1, -0.05) is 12.1 Å². The standard InChI is InChI=1S/C9H12N4O2/c1-5-3-2-4-6(12-8(10)14)7(5)13-9(11)15/h2-4H,1H3,(H3,10,12,14)(H3,11,13,15). The molecule has 0 bridgehead atoms. The molecule has 0 saturated heterocycles. The first-order chi connectivity index (χ1) is 7.00. The smallest absolute Gasteiger partial charge is 0.316 e. The van der Waals surface area contributed by atoms with E-state index in [-0.39, 0.29) is 0 Å². The molecule has 0 aromatic heterocycles. The number of anilines is 2. The number of nitrogens with two attached hydrogens (primary N) is 2. The molecule has 0 spiro atoms. The first-order valence-electron chi connectivity index (χ1n) is 4.23. The lowest BCUT2D eigenvalue weighted by atomic mass is 10.1. The average Bonchev–Trinajstić information content (AvgIpc) is 2.09. The van der Waals surface area contributed by atoms with Crippen LogP contribution in [0, 0.1) is 6.92 Å². The van der Waals surface area contributed by atoms with Crippen molar-refractivity contribution in [3.8, 4) is 0 Å². The third kappa shape index (κ3) is 2.87. The van der Waals surface area contributed by atoms with Gasteiger partial charge in [-0.05, 0) is 18.6 Å². The highest BCUT2D eigenvalue weighted by atomic mass is 16.2. The lowest BCUT2D eigenvalue weighted by molar-refractivity contribution is 0.258. The summed E-state index contributed by atoms with van der Waals surface area (Å²) in [5, 5.41) is 4.80. The van der Waals surface area contributed by atoms with E-state index in [0.717, 1.165) is 5.56 Å². The predicted octanol–water partition coefficient (Wildman–Crippen LogP) is 0.976. The fourth-order valence-electron chi connectivity index (χ4n) is 1.19. The Hall–Kier alpha value is -2.24. The van der Waals surface area contributed by atoms with Crippen molar-refractivity contribution in [1.82, 2.24) is 0 Å². The Kier molecular flexibility index (Phi) is 3.12. The van der Waals surface area contributed by atoms with Crippen LogP contribution in [-0.2, 0) is 0 Å². The molecule has 6 nitrogen and oxygen atoms in total. The van der Waals surface area contributed by atoms with Crippen LogP contribution < -0.4 is 22.1 Å². The van der Waals surface area contributed by atoms with Gasteiger partial charge < -0.3 is 22.1 Å². The van der Waals surface area contributed by atoms with E-state index in [1.54, 1.807) is 25.1 Å². The summed E-state index contributed by atoms with van der Waals surface area (Å²) in [5.41, 5.74) is 11.6. The average molecular weight is 208 g/mol. The molecular formula is C9H12N4O2. The molecule has 6 heteroatoms. The van der Waals surface area contributed by atoms with Gasteiger partial charge in [0, 0.05) is 0 Å². The molecule has 1 aromatic rings. The minimum Gasteiger partial charge on any atom is -0.351 e. The maximum atomic E-state index is 10.7. The van der Waals surface area contributed by atoms with E-state index < -0.39 is 12.1 Å². The molecule has 0 aliphatic rings. The van der Waals surface area contributed by atoms with Gasteiger partial charge in [0.25, 0.3) is 0 Å². The Morgan fingerprint density at radius 1 is 1.13 bits per heavy atom. The minimum atomic E-state index is -0.701. The van der Waals surface area contributed by atoms with Gasteiger partial charge in [0.05, 0.1) is 11.4 Å². The monoisotopic (exact) mass is 208 g/mol. The first-order valence-corrected chi connectivity index (χ1v) is 4.23. The third-order valence-electron chi connectivity index (χ3n) is 1.78. The van der Waals surface area contributed by atoms with Gasteiger partial charge in [-0.15, -0.1) is 0 Å². The number of urea groups is 2. The molecule has 0 unspecified atom stereocenters. The van der Waals surface area contributed by atoms with Gasteiger partial charge in [-0.25, -0.2) is 9.59 Å². The summed E-state index contributed by atoms with van der Waals surface area (Å²) < 4.78 is 0. The van der Waals surface area contributed by atoms with Crippen LogP contribution in [0.3, 0.4) is 0 Å². The topological polar surface area (TPSA) is 110 Å². The van der Waals surface area contributed by atoms with E-state index in [4.69, 9.17) is 11.5 Å². The SMILES string of the molecule is Cc1cccc(NC(N)=O)c1NC(N)=O. The van der Waals surface area contributed by atoms with Crippen LogP contribution >= 0.6 is 0 Å². The number of hydrogen-bond donors (Lipinski definition) is 4. The van der Waals surface area contributed by atoms with Crippen molar-refractivity contribution in [2.75, 3.05) is 10.6 Å². The van der Waals surface area contributed by atoms with Gasteiger partial charge in [-0.2, -0.15) is 0 Å². The molecule has 0 aliphatic carbocycles. The van der Waals surface area contributed by atoms with E-state index in [2.05, 4.69) is 10.6 Å². The van der Waals surface area contributed by atoms with Gasteiger partial charge >= 0.3 is 12.1 Å². The van der Waals surface area contributed by atoms with E-state index in [1.165, 1.54) is 0 Å². The molecule has 0 atom stereocenters. The number of primary amides is 2. The molecule has 1 rings (SSSR count). The molecule has 0 saturated carbocycles. The van der Waals surface area contributed by atoms with Crippen LogP contribution in [0.2, 0.25) is 0 Å². The van der Waals surface area contributed by atoms with Crippen LogP contribution in [0.5, 0.6) is 0 Å². The van der Waals surface area contributed by atoms with Crippen molar-refractivity contribution in [2.24, 2.45) is 11.5 Å². The second-order valence-electron chi connectivity index (χ2n) is 2.98. The number of rotatable bonds is 2. The number of benzene rings is 1. The lowest BCUT2D eigenvalue weighted by Crippen LogP contribution is -2.24. The van der Waals surface area contributed by atoms with Crippen LogP contribution in [0.1, 0.15) is 5.56 Å². The highest BCUT2D eigenvalue weighted by Crippen LogP contribution is 2.25. The zero-order valence-electron chi connectivity index (χ0n) is 8.20. The highest BCUT2D eigenvalue weighted by molar-refractivity contribution is 5.98. The third-order valence-corrected chi connectivity index (χ3v) is 1.78. The van der Waals surface area contributed by atoms with Gasteiger partial charge in [-0.3, -0.25) is 0 Å². The predicted molar refractivity (Wildman–Crippen MR) is 57.6 cm³/mol. The second kappa shape index (κ2) is 4.32. The summed E-state index contributed by atoms with van der Waals surface area (Å²) in [6.07, 6.45) is 0. The van der Waals surface area contributed by atoms with Crippen molar-refractivity contribution in [1.29, 1.82) is 0 Å². The van der Waals surface area contributed by atoms with Crippen molar-refractivity contribution < 1.29 is 9.59 Å². The molecular weight excluding hydrogens is 196 g/mol. The highest BCUT2D eigenvalue weighted by Gasteiger charge is 2.08. The number of carbonyl (C=O) groups excluding carboxylic acids is 2. The van der Waals surface area contributed by atoms with Crippen LogP contribution in [0.25, 0.3) is 0 Å². The molecule has 4 amide bonds. The summed E-state index contributed by atoms with van der Waals surface area (Å²) in [6, 6.07) is 3.72. The van der Waals surface area contributed by atoms with Crippen LogP contribution in [-0.4, -0.2) is 12.1 Å². The molecule has 15 heavy (non-hydrogen) atoms. The Balaban J connectivity index is 3.08. The number of amides is 4. The molecule has 0 fully saturated rings. The van der Waals surface area contributed by atoms with Crippen LogP contribution in [0.4, 0.5) is 21.0 Å². The second-order valence-corrected chi connectivity index (χ2v) is 2.98. The van der Waals surface area contributed by atoms with Crippen molar-refractivity contribution in [3.05, 3.63) is 23.8 Å². The summed E-state index contributed by atoms with van der Waals surface area (Å²) >= 11 is 0. The number of nitrogens with one attached hydrogen (secondary N) is 2. The quantitative estimate of drug-likeness (QED) is 0.580. The van der Waals surface area contributed by atoms with Crippen molar-refractivity contribution in [2.45, 2.75) is 6.92 Å². The maximum Gasteiger partial charge on any atom is 0.316 e. The van der Waals surface area contributed by atoms with Gasteiger partial charge in [0.2, 0.25) is 0 Å². The van der Waals surface area contributed by atoms with E-state index in [0.29, 0.717) is 11.4 Å². The fraction of sp³-hybridized carbons (Fsp3) is 0.111. The Bertz CT molecular complexity index is 403. The first kappa shape index (κ1) is 10.8. The fourth-order valence-corrected chi connectivity index (χ4v) is 1.19. The summed E-state index contributed by atoms with van der Waals surface area (Å²) in [4.78, 5) is 21.4. The lowest BCUT2D eigenvalue weighted by Gasteiger charge is -2.12. The van der Waals surface area contributed by atoms with E-state index in [9.17, 15) is 9.59 Å². The normalized spacial score (nSPS) is 9.40. The zero-order valence-corrected chi connectivity index (χ0v) is 8.20. The molecule has 0 heterocycles. The van der Waals surface area contributed by atoms with E-state index >= 15 is 0 Å². The maximum absolute atomic E-state index is 10.7. The number of para-hydroxylation sites is 1. The summed E-state index contributed by atoms with van der Waals surface area (Å²) in [7, 11) is 0. The van der Waals surface area contributed by atoms with Crippen molar-refractivity contribution >= 4 is 23.4 Å². The Morgan fingerprint density at radius 2 is 1.73 bits per heavy atom. The molecule has 0 radical (unpaired) electrons. The van der Waals surface area contributed by atoms with E-state index in [1.807, 2.05) is 0 Å². The zero-order chi connectivity index (χ0) is 11.4. The van der Waals surface area contributed by atoms with Crippen LogP contribution in [0.15, 0.2) is 18.2 Å². The number of aryl methyl sites for hydroxylation is 1. The molecule has 6 N–H and O–H groups in total. The Labute approximate surface area is 86.6 Å². The number of hydrogen-bond acceptors (Lipinski definition) is 2. The Morgan fingerprint density at radius 3 is 2.27 bits per heavy atom. The molecule has 0 aliphatic heterocycles. The minimum absolute atomic E-state index is 0.418. The molecule has 80 valence electrons.